The largest absolute Gasteiger partial charge is 0.573 e. The van der Waals surface area contributed by atoms with E-state index in [2.05, 4.69) is 15.4 Å². The molecule has 2 saturated heterocycles. The van der Waals surface area contributed by atoms with Crippen molar-refractivity contribution in [1.82, 2.24) is 15.1 Å². The first-order valence-electron chi connectivity index (χ1n) is 10.9. The summed E-state index contributed by atoms with van der Waals surface area (Å²) in [7, 11) is 0. The van der Waals surface area contributed by atoms with Gasteiger partial charge in [-0.3, -0.25) is 19.7 Å². The van der Waals surface area contributed by atoms with Gasteiger partial charge >= 0.3 is 6.36 Å². The maximum atomic E-state index is 13.1. The molecule has 2 heterocycles. The molecule has 0 spiro atoms. The van der Waals surface area contributed by atoms with Crippen LogP contribution in [0.4, 0.5) is 18.9 Å². The molecule has 10 nitrogen and oxygen atoms in total. The van der Waals surface area contributed by atoms with Crippen LogP contribution in [-0.4, -0.2) is 65.1 Å². The SMILES string of the molecule is O=C(CN1CCCCC(N/C(=C/[N+](=O)[O-])Nc2ccc(OC(F)(F)F)cc2)C1=O)N1CCCC1. The summed E-state index contributed by atoms with van der Waals surface area (Å²) in [5.41, 5.74) is 0.247. The Morgan fingerprint density at radius 3 is 2.41 bits per heavy atom. The molecule has 13 heteroatoms. The van der Waals surface area contributed by atoms with Crippen LogP contribution in [0.2, 0.25) is 0 Å². The molecule has 0 aliphatic carbocycles. The first-order chi connectivity index (χ1) is 16.1. The maximum absolute atomic E-state index is 13.1. The number of alkyl halides is 3. The fourth-order valence-corrected chi connectivity index (χ4v) is 3.92. The summed E-state index contributed by atoms with van der Waals surface area (Å²) in [5.74, 6) is -1.01. The number of nitro groups is 1. The second-order valence-corrected chi connectivity index (χ2v) is 8.07. The van der Waals surface area contributed by atoms with Gasteiger partial charge in [0.2, 0.25) is 11.8 Å². The topological polar surface area (TPSA) is 117 Å². The number of likely N-dealkylation sites (tertiary alicyclic amines) is 2. The Morgan fingerprint density at radius 2 is 1.79 bits per heavy atom. The minimum Gasteiger partial charge on any atom is -0.406 e. The van der Waals surface area contributed by atoms with Crippen LogP contribution in [-0.2, 0) is 9.59 Å². The van der Waals surface area contributed by atoms with Gasteiger partial charge in [-0.2, -0.15) is 0 Å². The zero-order chi connectivity index (χ0) is 24.7. The number of halogens is 3. The standard InChI is InChI=1S/C21H26F3N5O5/c22-21(23,24)34-16-8-6-15(7-9-16)25-18(13-29(32)33)26-17-5-1-2-12-28(20(17)31)14-19(30)27-10-3-4-11-27/h6-9,13,17,25-26H,1-5,10-12,14H2/b18-13+. The van der Waals surface area contributed by atoms with Gasteiger partial charge in [-0.1, -0.05) is 0 Å². The Balaban J connectivity index is 1.67. The molecule has 1 atom stereocenters. The van der Waals surface area contributed by atoms with Gasteiger partial charge in [-0.15, -0.1) is 13.2 Å². The number of carbonyl (C=O) groups excluding carboxylic acids is 2. The molecule has 0 radical (unpaired) electrons. The van der Waals surface area contributed by atoms with Gasteiger partial charge in [0.25, 0.3) is 6.20 Å². The van der Waals surface area contributed by atoms with Crippen molar-refractivity contribution in [3.63, 3.8) is 0 Å². The Bertz CT molecular complexity index is 916. The predicted octanol–water partition coefficient (Wildman–Crippen LogP) is 2.67. The van der Waals surface area contributed by atoms with Gasteiger partial charge in [-0.25, -0.2) is 0 Å². The average Bonchev–Trinajstić information content (AvgIpc) is 3.24. The highest BCUT2D eigenvalue weighted by atomic mass is 19.4. The number of hydrogen-bond acceptors (Lipinski definition) is 7. The van der Waals surface area contributed by atoms with Crippen LogP contribution in [0.15, 0.2) is 36.3 Å². The molecule has 1 unspecified atom stereocenters. The molecule has 2 aliphatic rings. The van der Waals surface area contributed by atoms with Crippen molar-refractivity contribution >= 4 is 17.5 Å². The summed E-state index contributed by atoms with van der Waals surface area (Å²) in [6, 6.07) is 3.82. The zero-order valence-electron chi connectivity index (χ0n) is 18.3. The summed E-state index contributed by atoms with van der Waals surface area (Å²) in [5, 5.41) is 16.7. The summed E-state index contributed by atoms with van der Waals surface area (Å²) >= 11 is 0. The van der Waals surface area contributed by atoms with Gasteiger partial charge in [0.05, 0.1) is 11.5 Å². The fraction of sp³-hybridized carbons (Fsp3) is 0.524. The molecule has 0 saturated carbocycles. The van der Waals surface area contributed by atoms with Gasteiger partial charge in [0, 0.05) is 25.3 Å². The molecular weight excluding hydrogens is 459 g/mol. The number of amides is 2. The molecule has 2 N–H and O–H groups in total. The highest BCUT2D eigenvalue weighted by Gasteiger charge is 2.32. The second-order valence-electron chi connectivity index (χ2n) is 8.07. The number of benzene rings is 1. The molecule has 2 fully saturated rings. The second kappa shape index (κ2) is 11.1. The zero-order valence-corrected chi connectivity index (χ0v) is 18.3. The Kier molecular flexibility index (Phi) is 8.18. The van der Waals surface area contributed by atoms with Crippen molar-refractivity contribution < 1.29 is 32.4 Å². The van der Waals surface area contributed by atoms with E-state index in [1.165, 1.54) is 17.0 Å². The van der Waals surface area contributed by atoms with Crippen molar-refractivity contribution in [3.8, 4) is 5.75 Å². The number of hydrogen-bond donors (Lipinski definition) is 2. The number of nitrogens with one attached hydrogen (secondary N) is 2. The van der Waals surface area contributed by atoms with E-state index in [4.69, 9.17) is 0 Å². The van der Waals surface area contributed by atoms with Crippen LogP contribution in [0, 0.1) is 10.1 Å². The summed E-state index contributed by atoms with van der Waals surface area (Å²) in [6.07, 6.45) is -0.552. The lowest BCUT2D eigenvalue weighted by Crippen LogP contribution is -2.49. The van der Waals surface area contributed by atoms with Gasteiger partial charge < -0.3 is 25.2 Å². The molecule has 34 heavy (non-hydrogen) atoms. The third-order valence-electron chi connectivity index (χ3n) is 5.50. The first kappa shape index (κ1) is 25.1. The smallest absolute Gasteiger partial charge is 0.406 e. The number of rotatable bonds is 8. The number of carbonyl (C=O) groups is 2. The molecule has 1 aromatic carbocycles. The van der Waals surface area contributed by atoms with E-state index < -0.39 is 23.1 Å². The predicted molar refractivity (Wildman–Crippen MR) is 115 cm³/mol. The number of ether oxygens (including phenoxy) is 1. The van der Waals surface area contributed by atoms with E-state index in [9.17, 15) is 32.9 Å². The van der Waals surface area contributed by atoms with E-state index in [0.29, 0.717) is 45.1 Å². The van der Waals surface area contributed by atoms with Crippen LogP contribution in [0.5, 0.6) is 5.75 Å². The van der Waals surface area contributed by atoms with E-state index in [-0.39, 0.29) is 29.9 Å². The molecule has 2 aliphatic heterocycles. The van der Waals surface area contributed by atoms with Crippen molar-refractivity contribution in [2.45, 2.75) is 44.5 Å². The quantitative estimate of drug-likeness (QED) is 0.430. The van der Waals surface area contributed by atoms with Crippen molar-refractivity contribution in [1.29, 1.82) is 0 Å². The van der Waals surface area contributed by atoms with Crippen LogP contribution >= 0.6 is 0 Å². The fourth-order valence-electron chi connectivity index (χ4n) is 3.92. The molecular formula is C21H26F3N5O5. The van der Waals surface area contributed by atoms with Crippen molar-refractivity contribution in [2.24, 2.45) is 0 Å². The summed E-state index contributed by atoms with van der Waals surface area (Å²) in [6.45, 7) is 1.72. The molecule has 2 amide bonds. The highest BCUT2D eigenvalue weighted by molar-refractivity contribution is 5.88. The molecule has 3 rings (SSSR count). The maximum Gasteiger partial charge on any atom is 0.573 e. The van der Waals surface area contributed by atoms with E-state index in [1.54, 1.807) is 4.90 Å². The van der Waals surface area contributed by atoms with Gasteiger partial charge in [0.15, 0.2) is 5.82 Å². The summed E-state index contributed by atoms with van der Waals surface area (Å²) < 4.78 is 40.8. The lowest BCUT2D eigenvalue weighted by molar-refractivity contribution is -0.403. The van der Waals surface area contributed by atoms with Crippen molar-refractivity contribution in [2.75, 3.05) is 31.5 Å². The highest BCUT2D eigenvalue weighted by Crippen LogP contribution is 2.24. The third kappa shape index (κ3) is 7.52. The minimum absolute atomic E-state index is 0.0423. The minimum atomic E-state index is -4.84. The molecule has 186 valence electrons. The lowest BCUT2D eigenvalue weighted by atomic mass is 10.1. The normalized spacial score (nSPS) is 19.6. The Hall–Kier alpha value is -3.51. The van der Waals surface area contributed by atoms with Crippen LogP contribution in [0.3, 0.4) is 0 Å². The van der Waals surface area contributed by atoms with Crippen LogP contribution < -0.4 is 15.4 Å². The number of nitrogens with zero attached hydrogens (tertiary/aromatic N) is 3. The number of anilines is 1. The van der Waals surface area contributed by atoms with E-state index >= 15 is 0 Å². The average molecular weight is 485 g/mol. The Labute approximate surface area is 193 Å². The van der Waals surface area contributed by atoms with E-state index in [0.717, 1.165) is 25.0 Å². The Morgan fingerprint density at radius 1 is 1.15 bits per heavy atom. The first-order valence-corrected chi connectivity index (χ1v) is 10.9. The van der Waals surface area contributed by atoms with Gasteiger partial charge in [0.1, 0.15) is 11.8 Å². The molecule has 1 aromatic rings. The van der Waals surface area contributed by atoms with Crippen LogP contribution in [0.25, 0.3) is 0 Å². The van der Waals surface area contributed by atoms with Crippen molar-refractivity contribution in [3.05, 3.63) is 46.4 Å². The van der Waals surface area contributed by atoms with Crippen LogP contribution in [0.1, 0.15) is 32.1 Å². The lowest BCUT2D eigenvalue weighted by Gasteiger charge is -2.27. The monoisotopic (exact) mass is 485 g/mol. The molecule has 0 bridgehead atoms. The summed E-state index contributed by atoms with van der Waals surface area (Å²) in [4.78, 5) is 39.2. The van der Waals surface area contributed by atoms with Gasteiger partial charge in [-0.05, 0) is 56.4 Å². The van der Waals surface area contributed by atoms with E-state index in [1.807, 2.05) is 0 Å². The molecule has 0 aromatic heterocycles. The third-order valence-corrected chi connectivity index (χ3v) is 5.50.